The predicted molar refractivity (Wildman–Crippen MR) is 235 cm³/mol. The first-order chi connectivity index (χ1) is 27.4. The molecule has 2 radical (unpaired) electrons. The minimum atomic E-state index is -4.54. The molecule has 4 aromatic heterocycles. The SMILES string of the molecule is O=C(OCCSSc1ccccn1)On1nnc2ccc(C(F)(F)F)cc21.O=S(=O)(Cl)Cl.OCCS.OCCSSc1ccccn1.S=c1cccc[nH]1.[3H]B([B])C. The smallest absolute Gasteiger partial charge is 0.432 e. The van der Waals surface area contributed by atoms with Crippen LogP contribution >= 0.6 is 89.4 Å². The van der Waals surface area contributed by atoms with Crippen LogP contribution in [0.25, 0.3) is 11.0 Å². The molecule has 57 heavy (non-hydrogen) atoms. The van der Waals surface area contributed by atoms with Gasteiger partial charge in [0.15, 0.2) is 0 Å². The van der Waals surface area contributed by atoms with Crippen LogP contribution < -0.4 is 4.84 Å². The zero-order chi connectivity index (χ0) is 43.8. The lowest BCUT2D eigenvalue weighted by atomic mass is 9.59. The van der Waals surface area contributed by atoms with Gasteiger partial charge < -0.3 is 19.9 Å². The number of alkyl halides is 3. The van der Waals surface area contributed by atoms with Gasteiger partial charge in [0.25, 0.3) is 0 Å². The van der Waals surface area contributed by atoms with Gasteiger partial charge in [-0.3, -0.25) is 4.84 Å². The minimum Gasteiger partial charge on any atom is -0.432 e. The molecule has 3 N–H and O–H groups in total. The number of rotatable bonds is 11. The number of carbonyl (C=O) groups is 1. The normalized spacial score (nSPS) is 10.4. The number of fused-ring (bicyclic) bond motifs is 1. The molecule has 0 amide bonds. The highest BCUT2D eigenvalue weighted by molar-refractivity contribution is 8.77. The van der Waals surface area contributed by atoms with Crippen molar-refractivity contribution in [3.05, 3.63) is 102 Å². The third-order valence-electron chi connectivity index (χ3n) is 4.81. The zero-order valence-electron chi connectivity index (χ0n) is 30.5. The lowest BCUT2D eigenvalue weighted by Crippen LogP contribution is -2.22. The molecule has 0 aliphatic carbocycles. The number of aliphatic hydroxyl groups is 2. The molecule has 0 bridgehead atoms. The molecule has 5 rings (SSSR count). The Morgan fingerprint density at radius 1 is 1.02 bits per heavy atom. The van der Waals surface area contributed by atoms with Crippen molar-refractivity contribution in [2.45, 2.75) is 23.1 Å². The van der Waals surface area contributed by atoms with Crippen LogP contribution in [0, 0.1) is 4.64 Å². The summed E-state index contributed by atoms with van der Waals surface area (Å²) in [6.07, 6.45) is -0.387. The van der Waals surface area contributed by atoms with Crippen LogP contribution in [0.5, 0.6) is 0 Å². The molecule has 13 nitrogen and oxygen atoms in total. The Kier molecular flexibility index (Phi) is 31.0. The van der Waals surface area contributed by atoms with Crippen molar-refractivity contribution in [3.63, 3.8) is 0 Å². The number of benzene rings is 1. The van der Waals surface area contributed by atoms with Crippen LogP contribution in [-0.2, 0) is 19.2 Å². The fraction of sp³-hybridized carbons (Fsp3) is 0.267. The van der Waals surface area contributed by atoms with Crippen molar-refractivity contribution >= 4 is 130 Å². The minimum absolute atomic E-state index is 0.0454. The number of carbonyl (C=O) groups excluding carboxylic acids is 1. The summed E-state index contributed by atoms with van der Waals surface area (Å²) in [6.45, 7) is 2.07. The quantitative estimate of drug-likeness (QED) is 0.0148. The van der Waals surface area contributed by atoms with Gasteiger partial charge in [-0.05, 0) is 82.7 Å². The van der Waals surface area contributed by atoms with E-state index in [1.807, 2.05) is 54.7 Å². The number of hydrogen-bond acceptors (Lipinski definition) is 17. The highest BCUT2D eigenvalue weighted by Crippen LogP contribution is 2.31. The Balaban J connectivity index is 0.000000851. The number of aromatic nitrogens is 6. The molecule has 0 atom stereocenters. The number of halogens is 5. The fourth-order valence-corrected chi connectivity index (χ4v) is 6.31. The first-order valence-electron chi connectivity index (χ1n) is 16.0. The molecule has 0 aliphatic rings. The van der Waals surface area contributed by atoms with E-state index in [0.29, 0.717) is 16.4 Å². The first-order valence-corrected chi connectivity index (χ1v) is 24.2. The Morgan fingerprint density at radius 2 is 1.56 bits per heavy atom. The maximum atomic E-state index is 12.8. The third kappa shape index (κ3) is 31.3. The lowest BCUT2D eigenvalue weighted by molar-refractivity contribution is -0.137. The van der Waals surface area contributed by atoms with E-state index < -0.39 is 33.3 Å². The summed E-state index contributed by atoms with van der Waals surface area (Å²) in [7, 11) is 15.2. The second-order valence-corrected chi connectivity index (χ2v) is 18.5. The molecular formula is C30H35B2Cl2F3N6O7S7. The number of hydrogen-bond donors (Lipinski definition) is 4. The van der Waals surface area contributed by atoms with E-state index in [4.69, 9.17) is 49.5 Å². The van der Waals surface area contributed by atoms with Gasteiger partial charge in [0.1, 0.15) is 32.3 Å². The topological polar surface area (TPSA) is 182 Å². The van der Waals surface area contributed by atoms with Crippen molar-refractivity contribution in [3.8, 4) is 0 Å². The molecule has 1 aromatic carbocycles. The van der Waals surface area contributed by atoms with Crippen molar-refractivity contribution in [2.75, 3.05) is 37.1 Å². The van der Waals surface area contributed by atoms with Gasteiger partial charge in [0.2, 0.25) is 0 Å². The molecule has 0 saturated carbocycles. The number of aliphatic hydroxyl groups excluding tert-OH is 2. The van der Waals surface area contributed by atoms with Crippen molar-refractivity contribution in [1.82, 2.24) is 30.1 Å². The highest BCUT2D eigenvalue weighted by Gasteiger charge is 2.31. The monoisotopic (exact) mass is 966 g/mol. The molecule has 0 spiro atoms. The van der Waals surface area contributed by atoms with E-state index in [2.05, 4.69) is 59.3 Å². The first kappa shape index (κ1) is 52.7. The van der Waals surface area contributed by atoms with E-state index >= 15 is 0 Å². The Bertz CT molecular complexity index is 1960. The van der Waals surface area contributed by atoms with Crippen molar-refractivity contribution in [1.29, 1.82) is 1.34 Å². The average molecular weight is 968 g/mol. The third-order valence-corrected chi connectivity index (χ3v) is 9.74. The van der Waals surface area contributed by atoms with Gasteiger partial charge in [0.05, 0.1) is 25.9 Å². The molecule has 310 valence electrons. The van der Waals surface area contributed by atoms with Gasteiger partial charge in [-0.1, -0.05) is 63.7 Å². The molecular weight excluding hydrogens is 930 g/mol. The molecule has 0 saturated heterocycles. The van der Waals surface area contributed by atoms with Gasteiger partial charge in [-0.15, -0.1) is 5.10 Å². The maximum Gasteiger partial charge on any atom is 0.535 e. The predicted octanol–water partition coefficient (Wildman–Crippen LogP) is 7.58. The van der Waals surface area contributed by atoms with Gasteiger partial charge in [-0.25, -0.2) is 14.8 Å². The molecule has 0 fully saturated rings. The van der Waals surface area contributed by atoms with E-state index in [0.717, 1.165) is 38.6 Å². The summed E-state index contributed by atoms with van der Waals surface area (Å²) in [6, 6.07) is 19.8. The van der Waals surface area contributed by atoms with E-state index in [1.165, 1.54) is 21.6 Å². The van der Waals surface area contributed by atoms with Gasteiger partial charge in [-0.2, -0.15) is 34.2 Å². The number of thiol groups is 1. The second kappa shape index (κ2) is 33.5. The molecule has 4 heterocycles. The van der Waals surface area contributed by atoms with Crippen LogP contribution in [0.15, 0.2) is 101 Å². The lowest BCUT2D eigenvalue weighted by Gasteiger charge is -2.07. The Labute approximate surface area is 366 Å². The Hall–Kier alpha value is -2.32. The van der Waals surface area contributed by atoms with Gasteiger partial charge >= 0.3 is 20.6 Å². The van der Waals surface area contributed by atoms with E-state index in [9.17, 15) is 18.0 Å². The summed E-state index contributed by atoms with van der Waals surface area (Å²) in [5, 5.41) is 25.2. The number of pyridine rings is 3. The summed E-state index contributed by atoms with van der Waals surface area (Å²) < 4.78 is 68.7. The number of ether oxygens (including phenoxy) is 1. The van der Waals surface area contributed by atoms with Crippen LogP contribution in [0.4, 0.5) is 18.0 Å². The molecule has 5 aromatic rings. The summed E-state index contributed by atoms with van der Waals surface area (Å²) in [4.78, 5) is 28.2. The van der Waals surface area contributed by atoms with Crippen LogP contribution in [0.1, 0.15) is 5.56 Å². The maximum absolute atomic E-state index is 12.8. The summed E-state index contributed by atoms with van der Waals surface area (Å²) in [5.41, 5.74) is -0.849. The van der Waals surface area contributed by atoms with Crippen molar-refractivity contribution < 1.29 is 46.2 Å². The largest absolute Gasteiger partial charge is 0.535 e. The highest BCUT2D eigenvalue weighted by atomic mass is 36.0. The fourth-order valence-electron chi connectivity index (χ4n) is 2.81. The number of H-pyrrole nitrogens is 1. The van der Waals surface area contributed by atoms with E-state index in [-0.39, 0.29) is 30.9 Å². The number of nitrogens with zero attached hydrogens (tertiary/aromatic N) is 5. The van der Waals surface area contributed by atoms with Crippen LogP contribution in [0.3, 0.4) is 0 Å². The zero-order valence-corrected chi connectivity index (χ0v) is 36.8. The summed E-state index contributed by atoms with van der Waals surface area (Å²) >= 11 is 8.43. The van der Waals surface area contributed by atoms with E-state index in [1.54, 1.807) is 46.9 Å². The molecule has 27 heteroatoms. The van der Waals surface area contributed by atoms with Crippen LogP contribution in [-0.4, -0.2) is 108 Å². The number of aromatic amines is 1. The molecule has 0 aliphatic heterocycles. The summed E-state index contributed by atoms with van der Waals surface area (Å²) in [5.74, 6) is 1.79. The second-order valence-electron chi connectivity index (χ2n) is 9.11. The molecule has 0 unspecified atom stereocenters. The van der Waals surface area contributed by atoms with Crippen LogP contribution in [0.2, 0.25) is 6.82 Å². The Morgan fingerprint density at radius 3 is 1.98 bits per heavy atom. The standard InChI is InChI=1S/C15H11F3N4O3S2.C7H9NOS2.C5H5NS.C2H6OS.CH4B2.Cl2O2S/c16-15(17,18)10-4-5-11-12(9-10)22(21-20-11)25-14(23)24-7-8-26-27-13-3-1-2-6-19-13;9-5-6-10-11-7-3-1-2-4-8-7;7-5-3-1-2-4-6-5;3-1-2-4;1-3-2;1-5(2,3)4/h1-6,9H,7-8H2;1-4,9H,5-6H2;1-4H,(H,6,7);3-4H,1-2H2;3H,1H3;/i;;;;3T;. The van der Waals surface area contributed by atoms with Crippen molar-refractivity contribution in [2.24, 2.45) is 0 Å². The number of nitrogens with one attached hydrogen (secondary N) is 1. The average Bonchev–Trinajstić information content (AvgIpc) is 3.57. The van der Waals surface area contributed by atoms with Gasteiger partial charge in [0, 0.05) is 65.0 Å².